The van der Waals surface area contributed by atoms with Gasteiger partial charge in [0.2, 0.25) is 0 Å². The Balaban J connectivity index is 1.38. The molecule has 4 aromatic rings. The molecule has 11 heteroatoms. The van der Waals surface area contributed by atoms with Crippen LogP contribution in [0.2, 0.25) is 0 Å². The molecule has 1 aliphatic rings. The van der Waals surface area contributed by atoms with Crippen LogP contribution in [-0.2, 0) is 18.0 Å². The molecule has 1 aliphatic carbocycles. The first-order valence-corrected chi connectivity index (χ1v) is 14.9. The molecule has 11 nitrogen and oxygen atoms in total. The zero-order valence-corrected chi connectivity index (χ0v) is 25.8. The summed E-state index contributed by atoms with van der Waals surface area (Å²) in [4.78, 5) is 36.1. The van der Waals surface area contributed by atoms with E-state index in [4.69, 9.17) is 4.74 Å². The lowest BCUT2D eigenvalue weighted by Gasteiger charge is -2.43. The molecule has 3 N–H and O–H groups in total. The average molecular weight is 600 g/mol. The first-order chi connectivity index (χ1) is 21.1. The number of pyridine rings is 1. The lowest BCUT2D eigenvalue weighted by atomic mass is 9.87. The fraction of sp³-hybridized carbons (Fsp3) is 0.394. The lowest BCUT2D eigenvalue weighted by molar-refractivity contribution is 0.0556. The summed E-state index contributed by atoms with van der Waals surface area (Å²) in [6, 6.07) is 9.91. The zero-order valence-electron chi connectivity index (χ0n) is 25.8. The Morgan fingerprint density at radius 2 is 1.91 bits per heavy atom. The van der Waals surface area contributed by atoms with E-state index in [9.17, 15) is 14.7 Å². The number of nitrogens with one attached hydrogen (secondary N) is 2. The van der Waals surface area contributed by atoms with Crippen LogP contribution in [0.1, 0.15) is 68.1 Å². The Bertz CT molecular complexity index is 1610. The van der Waals surface area contributed by atoms with Gasteiger partial charge in [0.25, 0.3) is 5.91 Å². The topological polar surface area (TPSA) is 127 Å². The van der Waals surface area contributed by atoms with Crippen molar-refractivity contribution < 1.29 is 19.4 Å². The lowest BCUT2D eigenvalue weighted by Crippen LogP contribution is -2.52. The number of hydrogen-bond donors (Lipinski definition) is 3. The Morgan fingerprint density at radius 1 is 1.18 bits per heavy atom. The Hall–Kier alpha value is -4.64. The summed E-state index contributed by atoms with van der Waals surface area (Å²) < 4.78 is 9.26. The van der Waals surface area contributed by atoms with E-state index in [0.717, 1.165) is 48.0 Å². The average Bonchev–Trinajstić information content (AvgIpc) is 3.65. The fourth-order valence-corrected chi connectivity index (χ4v) is 6.13. The first-order valence-electron chi connectivity index (χ1n) is 14.9. The van der Waals surface area contributed by atoms with Crippen molar-refractivity contribution in [1.29, 1.82) is 0 Å². The summed E-state index contributed by atoms with van der Waals surface area (Å²) in [6.07, 6.45) is 10.8. The fourth-order valence-electron chi connectivity index (χ4n) is 6.13. The zero-order chi connectivity index (χ0) is 31.4. The molecule has 44 heavy (non-hydrogen) atoms. The summed E-state index contributed by atoms with van der Waals surface area (Å²) in [5.74, 6) is -0.237. The van der Waals surface area contributed by atoms with Crippen LogP contribution in [0.15, 0.2) is 61.8 Å². The van der Waals surface area contributed by atoms with Gasteiger partial charge < -0.3 is 34.5 Å². The highest BCUT2D eigenvalue weighted by atomic mass is 16.5. The maximum absolute atomic E-state index is 13.7. The number of imidazole rings is 1. The van der Waals surface area contributed by atoms with Gasteiger partial charge in [0.1, 0.15) is 12.4 Å². The van der Waals surface area contributed by atoms with Crippen LogP contribution in [0.3, 0.4) is 0 Å². The molecule has 0 atom stereocenters. The third kappa shape index (κ3) is 6.47. The van der Waals surface area contributed by atoms with E-state index in [-0.39, 0.29) is 18.0 Å². The predicted octanol–water partition coefficient (Wildman–Crippen LogP) is 5.90. The molecule has 2 amide bonds. The summed E-state index contributed by atoms with van der Waals surface area (Å²) in [5, 5.41) is 17.4. The Morgan fingerprint density at radius 3 is 2.50 bits per heavy atom. The molecule has 0 bridgehead atoms. The molecule has 1 fully saturated rings. The highest BCUT2D eigenvalue weighted by Crippen LogP contribution is 2.34. The molecule has 1 saturated carbocycles. The smallest absolute Gasteiger partial charge is 0.407 e. The van der Waals surface area contributed by atoms with Gasteiger partial charge in [0, 0.05) is 66.6 Å². The summed E-state index contributed by atoms with van der Waals surface area (Å²) in [7, 11) is 1.62. The number of anilines is 1. The molecule has 0 spiro atoms. The number of aromatic nitrogens is 4. The standard InChI is InChI=1S/C33H41N7O4/c1-6-24-17-27-29(37-23-9-13-26(14-10-23)40(32(42)43)33(2,3)4)28(19-35-30(27)39(24)21-44-5)31(41)36-18-22-7-11-25(12-8-22)38-16-15-34-20-38/h6-8,11-12,15-17,19-20,23,26H,1,9-10,13-14,18,21H2,2-5H3,(H,35,37)(H,36,41)(H,42,43). The van der Waals surface area contributed by atoms with E-state index < -0.39 is 11.6 Å². The molecular formula is C33H41N7O4. The number of carboxylic acid groups (broad SMARTS) is 1. The molecule has 0 unspecified atom stereocenters. The van der Waals surface area contributed by atoms with E-state index in [1.54, 1.807) is 36.8 Å². The van der Waals surface area contributed by atoms with Gasteiger partial charge in [-0.3, -0.25) is 4.79 Å². The number of amides is 2. The molecule has 232 valence electrons. The van der Waals surface area contributed by atoms with Crippen molar-refractivity contribution in [3.8, 4) is 5.69 Å². The van der Waals surface area contributed by atoms with Crippen LogP contribution in [0, 0.1) is 0 Å². The highest BCUT2D eigenvalue weighted by Gasteiger charge is 2.36. The maximum Gasteiger partial charge on any atom is 0.407 e. The number of methoxy groups -OCH3 is 1. The SMILES string of the molecule is C=Cc1cc2c(NC3CCC(N(C(=O)O)C(C)(C)C)CC3)c(C(=O)NCc3ccc(-n4ccnc4)cc3)cnc2n1COC. The molecule has 1 aromatic carbocycles. The van der Waals surface area contributed by atoms with Crippen molar-refractivity contribution in [3.05, 3.63) is 78.6 Å². The van der Waals surface area contributed by atoms with Gasteiger partial charge in [-0.05, 0) is 76.3 Å². The second-order valence-corrected chi connectivity index (χ2v) is 12.2. The third-order valence-electron chi connectivity index (χ3n) is 8.20. The molecule has 3 aromatic heterocycles. The van der Waals surface area contributed by atoms with Crippen molar-refractivity contribution in [2.45, 2.75) is 77.4 Å². The van der Waals surface area contributed by atoms with Gasteiger partial charge in [-0.15, -0.1) is 0 Å². The van der Waals surface area contributed by atoms with Crippen molar-refractivity contribution in [2.75, 3.05) is 12.4 Å². The van der Waals surface area contributed by atoms with Gasteiger partial charge >= 0.3 is 6.09 Å². The van der Waals surface area contributed by atoms with Crippen LogP contribution in [0.25, 0.3) is 22.8 Å². The van der Waals surface area contributed by atoms with E-state index >= 15 is 0 Å². The van der Waals surface area contributed by atoms with Gasteiger partial charge in [-0.25, -0.2) is 14.8 Å². The van der Waals surface area contributed by atoms with Crippen LogP contribution >= 0.6 is 0 Å². The minimum absolute atomic E-state index is 0.0545. The minimum Gasteiger partial charge on any atom is -0.465 e. The Labute approximate surface area is 257 Å². The number of rotatable bonds is 10. The number of carbonyl (C=O) groups excluding carboxylic acids is 1. The summed E-state index contributed by atoms with van der Waals surface area (Å²) in [5.41, 5.74) is 4.14. The van der Waals surface area contributed by atoms with E-state index in [2.05, 4.69) is 27.2 Å². The third-order valence-corrected chi connectivity index (χ3v) is 8.20. The van der Waals surface area contributed by atoms with Gasteiger partial charge in [0.05, 0.1) is 17.6 Å². The number of fused-ring (bicyclic) bond motifs is 1. The van der Waals surface area contributed by atoms with E-state index in [1.807, 2.05) is 66.4 Å². The number of nitrogens with zero attached hydrogens (tertiary/aromatic N) is 5. The van der Waals surface area contributed by atoms with Crippen molar-refractivity contribution in [3.63, 3.8) is 0 Å². The summed E-state index contributed by atoms with van der Waals surface area (Å²) in [6.45, 7) is 10.4. The number of carbonyl (C=O) groups is 2. The largest absolute Gasteiger partial charge is 0.465 e. The molecule has 5 rings (SSSR count). The van der Waals surface area contributed by atoms with Crippen molar-refractivity contribution in [1.82, 2.24) is 29.3 Å². The van der Waals surface area contributed by atoms with Crippen molar-refractivity contribution >= 4 is 34.8 Å². The van der Waals surface area contributed by atoms with Crippen LogP contribution < -0.4 is 10.6 Å². The second-order valence-electron chi connectivity index (χ2n) is 12.2. The summed E-state index contributed by atoms with van der Waals surface area (Å²) >= 11 is 0. The van der Waals surface area contributed by atoms with E-state index in [0.29, 0.717) is 30.2 Å². The minimum atomic E-state index is -0.892. The molecule has 0 radical (unpaired) electrons. The predicted molar refractivity (Wildman–Crippen MR) is 171 cm³/mol. The highest BCUT2D eigenvalue weighted by molar-refractivity contribution is 6.07. The van der Waals surface area contributed by atoms with Gasteiger partial charge in [-0.2, -0.15) is 0 Å². The maximum atomic E-state index is 13.7. The molecule has 0 aliphatic heterocycles. The van der Waals surface area contributed by atoms with Crippen LogP contribution in [-0.4, -0.2) is 65.8 Å². The number of ether oxygens (including phenoxy) is 1. The van der Waals surface area contributed by atoms with Gasteiger partial charge in [-0.1, -0.05) is 18.7 Å². The quantitative estimate of drug-likeness (QED) is 0.207. The molecule has 0 saturated heterocycles. The van der Waals surface area contributed by atoms with Gasteiger partial charge in [0.15, 0.2) is 0 Å². The second kappa shape index (κ2) is 12.9. The Kier molecular flexibility index (Phi) is 9.05. The van der Waals surface area contributed by atoms with Crippen LogP contribution in [0.5, 0.6) is 0 Å². The van der Waals surface area contributed by atoms with Crippen LogP contribution in [0.4, 0.5) is 10.5 Å². The first kappa shape index (κ1) is 30.8. The number of benzene rings is 1. The molecular weight excluding hydrogens is 558 g/mol. The molecule has 3 heterocycles. The van der Waals surface area contributed by atoms with E-state index in [1.165, 1.54) is 0 Å². The number of hydrogen-bond acceptors (Lipinski definition) is 6. The monoisotopic (exact) mass is 599 g/mol. The normalized spacial score (nSPS) is 16.9. The van der Waals surface area contributed by atoms with Crippen molar-refractivity contribution in [2.24, 2.45) is 0 Å².